The molecule has 7 nitrogen and oxygen atoms in total. The van der Waals surface area contributed by atoms with Crippen LogP contribution in [-0.4, -0.2) is 33.0 Å². The number of thioether (sulfide) groups is 1. The average Bonchev–Trinajstić information content (AvgIpc) is 3.09. The van der Waals surface area contributed by atoms with E-state index in [0.717, 1.165) is 11.4 Å². The van der Waals surface area contributed by atoms with Crippen molar-refractivity contribution in [3.8, 4) is 11.5 Å². The molecule has 0 fully saturated rings. The van der Waals surface area contributed by atoms with Crippen LogP contribution < -0.4 is 14.8 Å². The topological polar surface area (TPSA) is 78.3 Å². The minimum absolute atomic E-state index is 0.0913. The molecule has 1 aromatic heterocycles. The van der Waals surface area contributed by atoms with E-state index in [2.05, 4.69) is 15.5 Å². The zero-order valence-corrected chi connectivity index (χ0v) is 17.6. The molecule has 1 heterocycles. The van der Waals surface area contributed by atoms with E-state index in [0.29, 0.717) is 16.7 Å². The number of hydrogen-bond donors (Lipinski definition) is 1. The van der Waals surface area contributed by atoms with Gasteiger partial charge in [-0.3, -0.25) is 4.79 Å². The lowest BCUT2D eigenvalue weighted by molar-refractivity contribution is -0.115. The second-order valence-electron chi connectivity index (χ2n) is 6.45. The van der Waals surface area contributed by atoms with E-state index in [9.17, 15) is 4.79 Å². The number of para-hydroxylation sites is 1. The predicted octanol–water partition coefficient (Wildman–Crippen LogP) is 4.08. The van der Waals surface area contributed by atoms with Crippen molar-refractivity contribution in [3.63, 3.8) is 0 Å². The Balaban J connectivity index is 1.64. The lowest BCUT2D eigenvalue weighted by Gasteiger charge is -2.15. The van der Waals surface area contributed by atoms with Crippen LogP contribution in [0.15, 0.2) is 59.8 Å². The Bertz CT molecular complexity index is 962. The van der Waals surface area contributed by atoms with Gasteiger partial charge in [-0.15, -0.1) is 10.2 Å². The van der Waals surface area contributed by atoms with Gasteiger partial charge in [0, 0.05) is 18.8 Å². The molecule has 0 saturated heterocycles. The standard InChI is InChI=1S/C21H24N4O3S/c1-14(28-18-12-8-11-17(13-18)27-4)19-23-24-21(25(19)3)29-15(2)20(26)22-16-9-6-5-7-10-16/h5-15H,1-4H3,(H,22,26). The molecule has 2 aromatic carbocycles. The summed E-state index contributed by atoms with van der Waals surface area (Å²) in [6, 6.07) is 16.8. The van der Waals surface area contributed by atoms with Crippen LogP contribution in [0.2, 0.25) is 0 Å². The highest BCUT2D eigenvalue weighted by Gasteiger charge is 2.22. The summed E-state index contributed by atoms with van der Waals surface area (Å²) in [6.45, 7) is 3.75. The Hall–Kier alpha value is -3.00. The molecule has 0 aliphatic rings. The van der Waals surface area contributed by atoms with Gasteiger partial charge < -0.3 is 19.4 Å². The Kier molecular flexibility index (Phi) is 6.77. The van der Waals surface area contributed by atoms with Crippen LogP contribution in [0.4, 0.5) is 5.69 Å². The number of nitrogens with zero attached hydrogens (tertiary/aromatic N) is 3. The van der Waals surface area contributed by atoms with Crippen molar-refractivity contribution in [1.82, 2.24) is 14.8 Å². The van der Waals surface area contributed by atoms with Crippen LogP contribution in [-0.2, 0) is 11.8 Å². The van der Waals surface area contributed by atoms with Crippen molar-refractivity contribution in [2.75, 3.05) is 12.4 Å². The minimum atomic E-state index is -0.333. The summed E-state index contributed by atoms with van der Waals surface area (Å²) < 4.78 is 13.0. The van der Waals surface area contributed by atoms with E-state index in [1.165, 1.54) is 11.8 Å². The molecule has 3 aromatic rings. The summed E-state index contributed by atoms with van der Waals surface area (Å²) in [4.78, 5) is 12.4. The van der Waals surface area contributed by atoms with Gasteiger partial charge >= 0.3 is 0 Å². The first-order chi connectivity index (χ1) is 14.0. The second kappa shape index (κ2) is 9.47. The van der Waals surface area contributed by atoms with E-state index < -0.39 is 0 Å². The van der Waals surface area contributed by atoms with Gasteiger partial charge in [0.15, 0.2) is 17.1 Å². The summed E-state index contributed by atoms with van der Waals surface area (Å²) in [5.74, 6) is 1.99. The summed E-state index contributed by atoms with van der Waals surface area (Å²) in [5, 5.41) is 11.7. The smallest absolute Gasteiger partial charge is 0.237 e. The van der Waals surface area contributed by atoms with Crippen molar-refractivity contribution in [1.29, 1.82) is 0 Å². The molecule has 3 rings (SSSR count). The molecular weight excluding hydrogens is 388 g/mol. The molecule has 0 bridgehead atoms. The molecule has 0 saturated carbocycles. The molecule has 1 amide bonds. The number of methoxy groups -OCH3 is 1. The molecular formula is C21H24N4O3S. The maximum atomic E-state index is 12.4. The van der Waals surface area contributed by atoms with Gasteiger partial charge in [0.1, 0.15) is 11.5 Å². The maximum absolute atomic E-state index is 12.4. The van der Waals surface area contributed by atoms with Gasteiger partial charge in [-0.1, -0.05) is 36.0 Å². The van der Waals surface area contributed by atoms with Gasteiger partial charge in [-0.2, -0.15) is 0 Å². The molecule has 0 aliphatic heterocycles. The third-order valence-corrected chi connectivity index (χ3v) is 5.41. The minimum Gasteiger partial charge on any atom is -0.497 e. The van der Waals surface area contributed by atoms with Crippen LogP contribution in [0.1, 0.15) is 25.8 Å². The van der Waals surface area contributed by atoms with E-state index >= 15 is 0 Å². The number of carbonyl (C=O) groups is 1. The van der Waals surface area contributed by atoms with E-state index in [-0.39, 0.29) is 17.3 Å². The summed E-state index contributed by atoms with van der Waals surface area (Å²) in [6.07, 6.45) is -0.317. The first-order valence-corrected chi connectivity index (χ1v) is 10.1. The number of hydrogen-bond acceptors (Lipinski definition) is 6. The van der Waals surface area contributed by atoms with Gasteiger partial charge in [-0.05, 0) is 38.1 Å². The van der Waals surface area contributed by atoms with E-state index in [4.69, 9.17) is 9.47 Å². The van der Waals surface area contributed by atoms with Crippen LogP contribution in [0.25, 0.3) is 0 Å². The summed E-state index contributed by atoms with van der Waals surface area (Å²) in [7, 11) is 3.48. The van der Waals surface area contributed by atoms with Crippen LogP contribution in [0, 0.1) is 0 Å². The molecule has 0 spiro atoms. The SMILES string of the molecule is COc1cccc(OC(C)c2nnc(SC(C)C(=O)Nc3ccccc3)n2C)c1. The lowest BCUT2D eigenvalue weighted by Crippen LogP contribution is -2.22. The monoisotopic (exact) mass is 412 g/mol. The van der Waals surface area contributed by atoms with Gasteiger partial charge in [0.25, 0.3) is 0 Å². The quantitative estimate of drug-likeness (QED) is 0.562. The average molecular weight is 413 g/mol. The second-order valence-corrected chi connectivity index (χ2v) is 7.76. The van der Waals surface area contributed by atoms with Crippen molar-refractivity contribution in [2.24, 2.45) is 7.05 Å². The molecule has 1 N–H and O–H groups in total. The third-order valence-electron chi connectivity index (χ3n) is 4.28. The number of nitrogens with one attached hydrogen (secondary N) is 1. The van der Waals surface area contributed by atoms with Crippen molar-refractivity contribution in [2.45, 2.75) is 30.4 Å². The fourth-order valence-electron chi connectivity index (χ4n) is 2.69. The number of benzene rings is 2. The first kappa shape index (κ1) is 20.7. The van der Waals surface area contributed by atoms with Crippen molar-refractivity contribution >= 4 is 23.4 Å². The number of amides is 1. The largest absolute Gasteiger partial charge is 0.497 e. The fraction of sp³-hybridized carbons (Fsp3) is 0.286. The Morgan fingerprint density at radius 3 is 2.52 bits per heavy atom. The van der Waals surface area contributed by atoms with Crippen molar-refractivity contribution < 1.29 is 14.3 Å². The van der Waals surface area contributed by atoms with Crippen LogP contribution in [0.5, 0.6) is 11.5 Å². The molecule has 29 heavy (non-hydrogen) atoms. The van der Waals surface area contributed by atoms with E-state index in [1.54, 1.807) is 7.11 Å². The zero-order valence-electron chi connectivity index (χ0n) is 16.8. The van der Waals surface area contributed by atoms with E-state index in [1.807, 2.05) is 80.1 Å². The molecule has 8 heteroatoms. The number of anilines is 1. The maximum Gasteiger partial charge on any atom is 0.237 e. The van der Waals surface area contributed by atoms with Gasteiger partial charge in [0.2, 0.25) is 5.91 Å². The predicted molar refractivity (Wildman–Crippen MR) is 113 cm³/mol. The Morgan fingerprint density at radius 2 is 1.79 bits per heavy atom. The third kappa shape index (κ3) is 5.29. The fourth-order valence-corrected chi connectivity index (χ4v) is 3.51. The highest BCUT2D eigenvalue weighted by molar-refractivity contribution is 8.00. The summed E-state index contributed by atoms with van der Waals surface area (Å²) in [5.41, 5.74) is 0.768. The first-order valence-electron chi connectivity index (χ1n) is 9.20. The highest BCUT2D eigenvalue weighted by Crippen LogP contribution is 2.27. The molecule has 0 radical (unpaired) electrons. The molecule has 2 atom stereocenters. The van der Waals surface area contributed by atoms with Gasteiger partial charge in [0.05, 0.1) is 12.4 Å². The number of aromatic nitrogens is 3. The Morgan fingerprint density at radius 1 is 1.07 bits per heavy atom. The van der Waals surface area contributed by atoms with Crippen LogP contribution >= 0.6 is 11.8 Å². The number of ether oxygens (including phenoxy) is 2. The Labute approximate surface area is 174 Å². The lowest BCUT2D eigenvalue weighted by atomic mass is 10.3. The van der Waals surface area contributed by atoms with Crippen molar-refractivity contribution in [3.05, 3.63) is 60.4 Å². The zero-order chi connectivity index (χ0) is 20.8. The number of rotatable bonds is 8. The summed E-state index contributed by atoms with van der Waals surface area (Å²) >= 11 is 1.35. The van der Waals surface area contributed by atoms with Crippen LogP contribution in [0.3, 0.4) is 0 Å². The molecule has 152 valence electrons. The van der Waals surface area contributed by atoms with Gasteiger partial charge in [-0.25, -0.2) is 0 Å². The number of carbonyl (C=O) groups excluding carboxylic acids is 1. The molecule has 0 aliphatic carbocycles. The normalized spacial score (nSPS) is 12.8. The molecule has 2 unspecified atom stereocenters. The highest BCUT2D eigenvalue weighted by atomic mass is 32.2.